The van der Waals surface area contributed by atoms with Gasteiger partial charge in [0.05, 0.1) is 9.60 Å². The summed E-state index contributed by atoms with van der Waals surface area (Å²) in [5.74, 6) is 0.427. The molecule has 1 saturated carbocycles. The van der Waals surface area contributed by atoms with Crippen molar-refractivity contribution in [3.63, 3.8) is 0 Å². The van der Waals surface area contributed by atoms with Gasteiger partial charge in [0.1, 0.15) is 17.4 Å². The minimum absolute atomic E-state index is 0.00247. The van der Waals surface area contributed by atoms with Gasteiger partial charge in [-0.25, -0.2) is 18.4 Å². The number of sulfone groups is 1. The molecule has 6 nitrogen and oxygen atoms in total. The first-order valence-electron chi connectivity index (χ1n) is 9.94. The van der Waals surface area contributed by atoms with E-state index >= 15 is 0 Å². The molecule has 2 aromatic heterocycles. The third-order valence-corrected chi connectivity index (χ3v) is 8.00. The molecular weight excluding hydrogens is 430 g/mol. The van der Waals surface area contributed by atoms with Gasteiger partial charge < -0.3 is 0 Å². The molecule has 5 rings (SSSR count). The van der Waals surface area contributed by atoms with Gasteiger partial charge in [-0.2, -0.15) is 4.37 Å². The molecular formula is C23H19N3O3S2. The summed E-state index contributed by atoms with van der Waals surface area (Å²) in [4.78, 5) is 21.0. The molecule has 1 aliphatic rings. The average molecular weight is 450 g/mol. The largest absolute Gasteiger partial charge is 0.299 e. The fourth-order valence-electron chi connectivity index (χ4n) is 3.85. The molecule has 0 radical (unpaired) electrons. The van der Waals surface area contributed by atoms with Gasteiger partial charge in [-0.3, -0.25) is 4.79 Å². The van der Waals surface area contributed by atoms with Crippen molar-refractivity contribution in [2.75, 3.05) is 0 Å². The highest BCUT2D eigenvalue weighted by Gasteiger charge is 2.43. The van der Waals surface area contributed by atoms with Gasteiger partial charge in [-0.15, -0.1) is 0 Å². The number of benzene rings is 2. The van der Waals surface area contributed by atoms with Crippen LogP contribution >= 0.6 is 11.5 Å². The zero-order valence-corrected chi connectivity index (χ0v) is 18.1. The van der Waals surface area contributed by atoms with E-state index in [1.807, 2.05) is 36.5 Å². The molecule has 0 aliphatic heterocycles. The minimum atomic E-state index is -3.52. The Hall–Kier alpha value is -2.97. The lowest BCUT2D eigenvalue weighted by Gasteiger charge is -2.06. The topological polar surface area (TPSA) is 89.9 Å². The summed E-state index contributed by atoms with van der Waals surface area (Å²) in [6.45, 7) is 0. The van der Waals surface area contributed by atoms with Crippen LogP contribution in [-0.2, 0) is 26.8 Å². The van der Waals surface area contributed by atoms with Crippen LogP contribution in [0.3, 0.4) is 0 Å². The Morgan fingerprint density at radius 1 is 1.06 bits per heavy atom. The van der Waals surface area contributed by atoms with Gasteiger partial charge in [-0.05, 0) is 59.3 Å². The third-order valence-electron chi connectivity index (χ3n) is 5.61. The van der Waals surface area contributed by atoms with Crippen molar-refractivity contribution in [3.8, 4) is 0 Å². The molecule has 0 bridgehead atoms. The zero-order chi connectivity index (χ0) is 21.4. The van der Waals surface area contributed by atoms with Crippen molar-refractivity contribution in [3.05, 3.63) is 84.1 Å². The highest BCUT2D eigenvalue weighted by Crippen LogP contribution is 2.48. The fraction of sp³-hybridized carbons (Fsp3) is 0.217. The van der Waals surface area contributed by atoms with Gasteiger partial charge in [0.2, 0.25) is 0 Å². The van der Waals surface area contributed by atoms with Crippen molar-refractivity contribution in [2.24, 2.45) is 5.92 Å². The van der Waals surface area contributed by atoms with E-state index in [-0.39, 0.29) is 34.1 Å². The molecule has 31 heavy (non-hydrogen) atoms. The Kier molecular flexibility index (Phi) is 5.11. The summed E-state index contributed by atoms with van der Waals surface area (Å²) in [6, 6.07) is 14.6. The summed E-state index contributed by atoms with van der Waals surface area (Å²) in [5, 5.41) is 1.10. The van der Waals surface area contributed by atoms with E-state index in [9.17, 15) is 13.2 Å². The molecule has 1 aliphatic carbocycles. The summed E-state index contributed by atoms with van der Waals surface area (Å²) >= 11 is 1.44. The maximum absolute atomic E-state index is 12.7. The van der Waals surface area contributed by atoms with Gasteiger partial charge >= 0.3 is 0 Å². The number of ketones is 1. The number of fused-ring (bicyclic) bond motifs is 1. The summed E-state index contributed by atoms with van der Waals surface area (Å²) in [7, 11) is -3.52. The Bertz CT molecular complexity index is 1350. The Balaban J connectivity index is 1.24. The maximum atomic E-state index is 12.7. The van der Waals surface area contributed by atoms with E-state index in [0.717, 1.165) is 27.6 Å². The van der Waals surface area contributed by atoms with E-state index in [0.29, 0.717) is 6.42 Å². The first-order valence-corrected chi connectivity index (χ1v) is 12.4. The molecule has 0 N–H and O–H groups in total. The lowest BCUT2D eigenvalue weighted by molar-refractivity contribution is -0.119. The molecule has 0 spiro atoms. The minimum Gasteiger partial charge on any atom is -0.299 e. The van der Waals surface area contributed by atoms with E-state index in [1.54, 1.807) is 18.2 Å². The van der Waals surface area contributed by atoms with Gasteiger partial charge in [0.25, 0.3) is 0 Å². The normalized spacial score (nSPS) is 18.2. The lowest BCUT2D eigenvalue weighted by atomic mass is 10.0. The smallest absolute Gasteiger partial charge is 0.185 e. The number of hydrogen-bond donors (Lipinski definition) is 0. The monoisotopic (exact) mass is 449 g/mol. The average Bonchev–Trinajstić information content (AvgIpc) is 3.44. The Labute approximate surface area is 184 Å². The molecule has 2 aromatic carbocycles. The van der Waals surface area contributed by atoms with Crippen LogP contribution in [0, 0.1) is 5.92 Å². The van der Waals surface area contributed by atoms with Crippen LogP contribution in [-0.4, -0.2) is 28.5 Å². The van der Waals surface area contributed by atoms with Crippen molar-refractivity contribution in [2.45, 2.75) is 29.4 Å². The predicted molar refractivity (Wildman–Crippen MR) is 119 cm³/mol. The fourth-order valence-corrected chi connectivity index (χ4v) is 5.76. The van der Waals surface area contributed by atoms with Crippen molar-refractivity contribution in [1.82, 2.24) is 14.3 Å². The van der Waals surface area contributed by atoms with E-state index in [1.165, 1.54) is 23.9 Å². The maximum Gasteiger partial charge on any atom is 0.185 e. The number of Topliss-reactive ketones (excluding diaryl/α,β-unsaturated/α-hetero) is 1. The van der Waals surface area contributed by atoms with Gasteiger partial charge in [0.15, 0.2) is 9.84 Å². The molecule has 2 heterocycles. The number of hydrogen-bond acceptors (Lipinski definition) is 7. The molecule has 4 aromatic rings. The summed E-state index contributed by atoms with van der Waals surface area (Å²) in [5.41, 5.74) is 2.02. The third kappa shape index (κ3) is 4.26. The second-order valence-corrected chi connectivity index (χ2v) is 10.6. The second-order valence-electron chi connectivity index (χ2n) is 7.78. The summed E-state index contributed by atoms with van der Waals surface area (Å²) in [6.07, 6.45) is 6.12. The van der Waals surface area contributed by atoms with Crippen molar-refractivity contribution in [1.29, 1.82) is 0 Å². The predicted octanol–water partition coefficient (Wildman–Crippen LogP) is 3.98. The van der Waals surface area contributed by atoms with Crippen molar-refractivity contribution >= 4 is 37.2 Å². The molecule has 156 valence electrons. The zero-order valence-electron chi connectivity index (χ0n) is 16.5. The van der Waals surface area contributed by atoms with E-state index in [4.69, 9.17) is 0 Å². The Morgan fingerprint density at radius 3 is 2.61 bits per heavy atom. The van der Waals surface area contributed by atoms with Crippen LogP contribution in [0.4, 0.5) is 0 Å². The van der Waals surface area contributed by atoms with Crippen LogP contribution in [0.15, 0.2) is 72.0 Å². The van der Waals surface area contributed by atoms with Crippen LogP contribution in [0.1, 0.15) is 29.3 Å². The van der Waals surface area contributed by atoms with Crippen LogP contribution in [0.5, 0.6) is 0 Å². The molecule has 0 saturated heterocycles. The standard InChI is InChI=1S/C23H19N3O3S2/c27-21(10-15-2-3-17-13-26-30-22(17)11-15)20-12-19(20)16-4-6-18(7-5-16)31(28,29)14-23-24-8-1-9-25-23/h1-9,11,13,19-20H,10,12,14H2/t19?,20-/m1/s1. The summed E-state index contributed by atoms with van der Waals surface area (Å²) < 4.78 is 30.5. The van der Waals surface area contributed by atoms with E-state index < -0.39 is 9.84 Å². The first kappa shape index (κ1) is 20.0. The van der Waals surface area contributed by atoms with Crippen LogP contribution in [0.25, 0.3) is 10.1 Å². The lowest BCUT2D eigenvalue weighted by Crippen LogP contribution is -2.08. The molecule has 0 amide bonds. The molecule has 1 unspecified atom stereocenters. The van der Waals surface area contributed by atoms with Crippen LogP contribution < -0.4 is 0 Å². The molecule has 2 atom stereocenters. The van der Waals surface area contributed by atoms with Crippen molar-refractivity contribution < 1.29 is 13.2 Å². The highest BCUT2D eigenvalue weighted by molar-refractivity contribution is 7.90. The SMILES string of the molecule is O=C(Cc1ccc2cnsc2c1)[C@@H]1CC1c1ccc(S(=O)(=O)Cc2ncccn2)cc1. The molecule has 1 fully saturated rings. The number of carbonyl (C=O) groups excluding carboxylic acids is 1. The number of nitrogens with zero attached hydrogens (tertiary/aromatic N) is 3. The van der Waals surface area contributed by atoms with E-state index in [2.05, 4.69) is 14.3 Å². The van der Waals surface area contributed by atoms with Gasteiger partial charge in [-0.1, -0.05) is 24.3 Å². The van der Waals surface area contributed by atoms with Gasteiger partial charge in [0, 0.05) is 36.3 Å². The quantitative estimate of drug-likeness (QED) is 0.424. The number of carbonyl (C=O) groups is 1. The molecule has 8 heteroatoms. The Morgan fingerprint density at radius 2 is 1.84 bits per heavy atom. The number of aromatic nitrogens is 3. The van der Waals surface area contributed by atoms with Crippen LogP contribution in [0.2, 0.25) is 0 Å². The second kappa shape index (κ2) is 7.94. The number of rotatable bonds is 7. The first-order chi connectivity index (χ1) is 15.0. The highest BCUT2D eigenvalue weighted by atomic mass is 32.2.